The van der Waals surface area contributed by atoms with E-state index in [1.807, 2.05) is 31.2 Å². The first-order chi connectivity index (χ1) is 10.7. The van der Waals surface area contributed by atoms with Crippen molar-refractivity contribution >= 4 is 16.7 Å². The first-order valence-electron chi connectivity index (χ1n) is 7.20. The molecule has 0 saturated carbocycles. The zero-order valence-corrected chi connectivity index (χ0v) is 12.4. The van der Waals surface area contributed by atoms with Crippen LogP contribution < -0.4 is 11.1 Å². The molecule has 3 rings (SSSR count). The highest BCUT2D eigenvalue weighted by Gasteiger charge is 2.12. The lowest BCUT2D eigenvalue weighted by atomic mass is 10.1. The Balaban J connectivity index is 2.21. The van der Waals surface area contributed by atoms with Crippen LogP contribution in [0.1, 0.15) is 5.56 Å². The molecule has 0 aliphatic rings. The monoisotopic (exact) mass is 294 g/mol. The zero-order valence-electron chi connectivity index (χ0n) is 12.4. The number of phenols is 1. The molecule has 0 bridgehead atoms. The Bertz CT molecular complexity index is 817. The molecule has 0 amide bonds. The maximum atomic E-state index is 10.0. The number of phenolic OH excluding ortho intramolecular Hbond substituents is 1. The molecule has 3 aromatic rings. The fourth-order valence-corrected chi connectivity index (χ4v) is 2.35. The van der Waals surface area contributed by atoms with E-state index in [0.29, 0.717) is 24.5 Å². The Morgan fingerprint density at radius 1 is 1.14 bits per heavy atom. The van der Waals surface area contributed by atoms with E-state index in [-0.39, 0.29) is 5.75 Å². The minimum Gasteiger partial charge on any atom is -0.507 e. The smallest absolute Gasteiger partial charge is 0.165 e. The molecule has 0 aliphatic heterocycles. The number of aromatic nitrogens is 2. The van der Waals surface area contributed by atoms with Crippen molar-refractivity contribution in [3.63, 3.8) is 0 Å². The molecule has 22 heavy (non-hydrogen) atoms. The number of benzene rings is 2. The van der Waals surface area contributed by atoms with Gasteiger partial charge in [0.15, 0.2) is 5.82 Å². The van der Waals surface area contributed by atoms with Gasteiger partial charge in [-0.2, -0.15) is 0 Å². The second kappa shape index (κ2) is 5.99. The SMILES string of the molecule is Cc1ccc2c(NCCN)nc(-c3ccccc3O)nc2c1. The van der Waals surface area contributed by atoms with Gasteiger partial charge in [0.1, 0.15) is 11.6 Å². The van der Waals surface area contributed by atoms with Crippen LogP contribution >= 0.6 is 0 Å². The van der Waals surface area contributed by atoms with Crippen molar-refractivity contribution in [3.05, 3.63) is 48.0 Å². The van der Waals surface area contributed by atoms with Crippen LogP contribution in [-0.4, -0.2) is 28.2 Å². The van der Waals surface area contributed by atoms with Crippen LogP contribution in [0.5, 0.6) is 5.75 Å². The van der Waals surface area contributed by atoms with Crippen LogP contribution in [-0.2, 0) is 0 Å². The highest BCUT2D eigenvalue weighted by molar-refractivity contribution is 5.91. The number of nitrogens with zero attached hydrogens (tertiary/aromatic N) is 2. The van der Waals surface area contributed by atoms with E-state index < -0.39 is 0 Å². The number of nitrogens with one attached hydrogen (secondary N) is 1. The Labute approximate surface area is 128 Å². The molecule has 0 saturated heterocycles. The molecule has 0 unspecified atom stereocenters. The standard InChI is InChI=1S/C17H18N4O/c1-11-6-7-12-14(10-11)20-17(21-16(12)19-9-8-18)13-4-2-3-5-15(13)22/h2-7,10,22H,8-9,18H2,1H3,(H,19,20,21). The van der Waals surface area contributed by atoms with Crippen molar-refractivity contribution in [3.8, 4) is 17.1 Å². The van der Waals surface area contributed by atoms with Crippen molar-refractivity contribution in [1.29, 1.82) is 0 Å². The lowest BCUT2D eigenvalue weighted by Crippen LogP contribution is -2.14. The Morgan fingerprint density at radius 2 is 1.95 bits per heavy atom. The average Bonchev–Trinajstić information content (AvgIpc) is 2.52. The third kappa shape index (κ3) is 2.71. The molecule has 0 aliphatic carbocycles. The van der Waals surface area contributed by atoms with Gasteiger partial charge in [-0.1, -0.05) is 18.2 Å². The Hall–Kier alpha value is -2.66. The number of anilines is 1. The molecule has 4 N–H and O–H groups in total. The Morgan fingerprint density at radius 3 is 2.73 bits per heavy atom. The van der Waals surface area contributed by atoms with Crippen molar-refractivity contribution in [1.82, 2.24) is 9.97 Å². The number of hydrogen-bond acceptors (Lipinski definition) is 5. The molecular formula is C17H18N4O. The summed E-state index contributed by atoms with van der Waals surface area (Å²) in [5, 5.41) is 14.2. The minimum absolute atomic E-state index is 0.166. The van der Waals surface area contributed by atoms with Crippen LogP contribution in [0.2, 0.25) is 0 Å². The first-order valence-corrected chi connectivity index (χ1v) is 7.20. The van der Waals surface area contributed by atoms with Gasteiger partial charge < -0.3 is 16.2 Å². The fraction of sp³-hybridized carbons (Fsp3) is 0.176. The zero-order chi connectivity index (χ0) is 15.5. The van der Waals surface area contributed by atoms with E-state index in [9.17, 15) is 5.11 Å². The van der Waals surface area contributed by atoms with E-state index in [2.05, 4.69) is 15.3 Å². The predicted octanol–water partition coefficient (Wildman–Crippen LogP) is 2.68. The second-order valence-electron chi connectivity index (χ2n) is 5.15. The van der Waals surface area contributed by atoms with Gasteiger partial charge in [-0.05, 0) is 36.8 Å². The van der Waals surface area contributed by atoms with Crippen LogP contribution in [0.3, 0.4) is 0 Å². The van der Waals surface area contributed by atoms with Crippen molar-refractivity contribution in [2.75, 3.05) is 18.4 Å². The normalized spacial score (nSPS) is 10.8. The maximum Gasteiger partial charge on any atom is 0.165 e. The number of hydrogen-bond donors (Lipinski definition) is 3. The number of nitrogens with two attached hydrogens (primary N) is 1. The summed E-state index contributed by atoms with van der Waals surface area (Å²) in [6.07, 6.45) is 0. The molecule has 2 aromatic carbocycles. The van der Waals surface area contributed by atoms with Crippen LogP contribution in [0.25, 0.3) is 22.3 Å². The molecule has 5 heteroatoms. The largest absolute Gasteiger partial charge is 0.507 e. The van der Waals surface area contributed by atoms with E-state index in [1.165, 1.54) is 0 Å². The van der Waals surface area contributed by atoms with Crippen molar-refractivity contribution < 1.29 is 5.11 Å². The summed E-state index contributed by atoms with van der Waals surface area (Å²) in [5.41, 5.74) is 8.15. The number of aryl methyl sites for hydroxylation is 1. The molecule has 1 aromatic heterocycles. The van der Waals surface area contributed by atoms with Gasteiger partial charge in [0.2, 0.25) is 0 Å². The van der Waals surface area contributed by atoms with E-state index in [1.54, 1.807) is 18.2 Å². The van der Waals surface area contributed by atoms with E-state index in [4.69, 9.17) is 5.73 Å². The van der Waals surface area contributed by atoms with Gasteiger partial charge in [0.25, 0.3) is 0 Å². The third-order valence-corrected chi connectivity index (χ3v) is 3.43. The highest BCUT2D eigenvalue weighted by atomic mass is 16.3. The average molecular weight is 294 g/mol. The quantitative estimate of drug-likeness (QED) is 0.689. The molecular weight excluding hydrogens is 276 g/mol. The van der Waals surface area contributed by atoms with E-state index >= 15 is 0 Å². The van der Waals surface area contributed by atoms with Crippen LogP contribution in [0, 0.1) is 6.92 Å². The molecule has 0 atom stereocenters. The number of fused-ring (bicyclic) bond motifs is 1. The van der Waals surface area contributed by atoms with Crippen molar-refractivity contribution in [2.24, 2.45) is 5.73 Å². The molecule has 0 spiro atoms. The Kier molecular flexibility index (Phi) is 3.89. The summed E-state index contributed by atoms with van der Waals surface area (Å²) < 4.78 is 0. The predicted molar refractivity (Wildman–Crippen MR) is 88.9 cm³/mol. The summed E-state index contributed by atoms with van der Waals surface area (Å²) in [6.45, 7) is 3.16. The second-order valence-corrected chi connectivity index (χ2v) is 5.15. The summed E-state index contributed by atoms with van der Waals surface area (Å²) in [6, 6.07) is 13.1. The van der Waals surface area contributed by atoms with Gasteiger partial charge in [-0.15, -0.1) is 0 Å². The van der Waals surface area contributed by atoms with Crippen molar-refractivity contribution in [2.45, 2.75) is 6.92 Å². The lowest BCUT2D eigenvalue weighted by molar-refractivity contribution is 0.477. The summed E-state index contributed by atoms with van der Waals surface area (Å²) in [5.74, 6) is 1.39. The van der Waals surface area contributed by atoms with E-state index in [0.717, 1.165) is 22.3 Å². The highest BCUT2D eigenvalue weighted by Crippen LogP contribution is 2.30. The van der Waals surface area contributed by atoms with Gasteiger partial charge in [0, 0.05) is 18.5 Å². The molecule has 1 heterocycles. The van der Waals surface area contributed by atoms with Gasteiger partial charge in [-0.25, -0.2) is 9.97 Å². The van der Waals surface area contributed by atoms with Gasteiger partial charge in [-0.3, -0.25) is 0 Å². The maximum absolute atomic E-state index is 10.0. The number of rotatable bonds is 4. The molecule has 5 nitrogen and oxygen atoms in total. The summed E-state index contributed by atoms with van der Waals surface area (Å²) >= 11 is 0. The molecule has 0 radical (unpaired) electrons. The minimum atomic E-state index is 0.166. The van der Waals surface area contributed by atoms with Gasteiger partial charge >= 0.3 is 0 Å². The third-order valence-electron chi connectivity index (χ3n) is 3.43. The van der Waals surface area contributed by atoms with Gasteiger partial charge in [0.05, 0.1) is 11.1 Å². The molecule has 0 fully saturated rings. The molecule has 112 valence electrons. The van der Waals surface area contributed by atoms with Crippen LogP contribution in [0.15, 0.2) is 42.5 Å². The number of aromatic hydroxyl groups is 1. The van der Waals surface area contributed by atoms with Crippen LogP contribution in [0.4, 0.5) is 5.82 Å². The first kappa shape index (κ1) is 14.3. The summed E-state index contributed by atoms with van der Waals surface area (Å²) in [7, 11) is 0. The summed E-state index contributed by atoms with van der Waals surface area (Å²) in [4.78, 5) is 9.15. The lowest BCUT2D eigenvalue weighted by Gasteiger charge is -2.11. The topological polar surface area (TPSA) is 84.1 Å². The fourth-order valence-electron chi connectivity index (χ4n) is 2.35. The number of para-hydroxylation sites is 1.